The maximum atomic E-state index is 6.08. The van der Waals surface area contributed by atoms with E-state index in [0.29, 0.717) is 48.7 Å². The molecule has 0 N–H and O–H groups in total. The largest absolute Gasteiger partial charge is 0.493 e. The second-order valence-electron chi connectivity index (χ2n) is 5.65. The van der Waals surface area contributed by atoms with Gasteiger partial charge in [-0.2, -0.15) is 0 Å². The highest BCUT2D eigenvalue weighted by Gasteiger charge is 2.05. The third-order valence-corrected chi connectivity index (χ3v) is 3.92. The van der Waals surface area contributed by atoms with E-state index in [9.17, 15) is 0 Å². The lowest BCUT2D eigenvalue weighted by Gasteiger charge is -2.12. The molecule has 0 saturated heterocycles. The SMILES string of the molecule is C/C=C/c1ccc(OCCOCCOc2cc(C)ccc2Cl)c(OC)c1. The van der Waals surface area contributed by atoms with Gasteiger partial charge in [-0.05, 0) is 49.2 Å². The van der Waals surface area contributed by atoms with Crippen LogP contribution in [0.1, 0.15) is 18.1 Å². The molecule has 0 radical (unpaired) electrons. The van der Waals surface area contributed by atoms with Crippen LogP contribution in [0.2, 0.25) is 5.02 Å². The minimum Gasteiger partial charge on any atom is -0.493 e. The molecule has 0 amide bonds. The molecule has 0 aliphatic rings. The lowest BCUT2D eigenvalue weighted by atomic mass is 10.2. The Morgan fingerprint density at radius 2 is 1.62 bits per heavy atom. The fourth-order valence-corrected chi connectivity index (χ4v) is 2.52. The zero-order valence-corrected chi connectivity index (χ0v) is 16.2. The van der Waals surface area contributed by atoms with Crippen LogP contribution in [-0.4, -0.2) is 33.5 Å². The van der Waals surface area contributed by atoms with Crippen molar-refractivity contribution < 1.29 is 18.9 Å². The number of benzene rings is 2. The minimum atomic E-state index is 0.435. The van der Waals surface area contributed by atoms with Crippen LogP contribution >= 0.6 is 11.6 Å². The Morgan fingerprint density at radius 1 is 0.885 bits per heavy atom. The number of ether oxygens (including phenoxy) is 4. The lowest BCUT2D eigenvalue weighted by molar-refractivity contribution is 0.0757. The van der Waals surface area contributed by atoms with Crippen LogP contribution < -0.4 is 14.2 Å². The zero-order chi connectivity index (χ0) is 18.8. The summed E-state index contributed by atoms with van der Waals surface area (Å²) in [5.74, 6) is 2.09. The molecular weight excluding hydrogens is 352 g/mol. The monoisotopic (exact) mass is 376 g/mol. The molecule has 2 rings (SSSR count). The molecule has 0 aliphatic carbocycles. The molecule has 2 aromatic carbocycles. The van der Waals surface area contributed by atoms with Gasteiger partial charge >= 0.3 is 0 Å². The molecule has 0 heterocycles. The summed E-state index contributed by atoms with van der Waals surface area (Å²) < 4.78 is 22.3. The Labute approximate surface area is 160 Å². The summed E-state index contributed by atoms with van der Waals surface area (Å²) >= 11 is 6.08. The number of methoxy groups -OCH3 is 1. The average molecular weight is 377 g/mol. The van der Waals surface area contributed by atoms with Crippen molar-refractivity contribution in [1.29, 1.82) is 0 Å². The normalized spacial score (nSPS) is 10.9. The zero-order valence-electron chi connectivity index (χ0n) is 15.5. The maximum absolute atomic E-state index is 6.08. The van der Waals surface area contributed by atoms with E-state index in [0.717, 1.165) is 11.1 Å². The summed E-state index contributed by atoms with van der Waals surface area (Å²) in [5, 5.41) is 0.604. The van der Waals surface area contributed by atoms with Crippen LogP contribution in [0.25, 0.3) is 6.08 Å². The van der Waals surface area contributed by atoms with Crippen LogP contribution in [0.3, 0.4) is 0 Å². The fraction of sp³-hybridized carbons (Fsp3) is 0.333. The molecule has 0 aromatic heterocycles. The van der Waals surface area contributed by atoms with Crippen LogP contribution in [0.4, 0.5) is 0 Å². The number of halogens is 1. The van der Waals surface area contributed by atoms with Gasteiger partial charge in [0.05, 0.1) is 25.3 Å². The van der Waals surface area contributed by atoms with Crippen molar-refractivity contribution in [2.75, 3.05) is 33.5 Å². The Morgan fingerprint density at radius 3 is 2.31 bits per heavy atom. The van der Waals surface area contributed by atoms with Crippen molar-refractivity contribution in [3.63, 3.8) is 0 Å². The molecule has 2 aromatic rings. The summed E-state index contributed by atoms with van der Waals surface area (Å²) in [6, 6.07) is 11.5. The predicted octanol–water partition coefficient (Wildman–Crippen LogP) is 5.16. The van der Waals surface area contributed by atoms with Crippen LogP contribution in [0, 0.1) is 6.92 Å². The minimum absolute atomic E-state index is 0.435. The van der Waals surface area contributed by atoms with Gasteiger partial charge in [-0.25, -0.2) is 0 Å². The van der Waals surface area contributed by atoms with Gasteiger partial charge in [0, 0.05) is 0 Å². The number of hydrogen-bond acceptors (Lipinski definition) is 4. The summed E-state index contributed by atoms with van der Waals surface area (Å²) in [7, 11) is 1.63. The van der Waals surface area contributed by atoms with E-state index in [1.165, 1.54) is 0 Å². The Balaban J connectivity index is 1.68. The second-order valence-corrected chi connectivity index (χ2v) is 6.06. The first kappa shape index (κ1) is 20.1. The van der Waals surface area contributed by atoms with E-state index in [-0.39, 0.29) is 0 Å². The highest BCUT2D eigenvalue weighted by molar-refractivity contribution is 6.32. The molecule has 0 aliphatic heterocycles. The molecule has 140 valence electrons. The third-order valence-electron chi connectivity index (χ3n) is 3.60. The maximum Gasteiger partial charge on any atom is 0.161 e. The van der Waals surface area contributed by atoms with Gasteiger partial charge in [0.25, 0.3) is 0 Å². The molecule has 0 saturated carbocycles. The third kappa shape index (κ3) is 6.28. The predicted molar refractivity (Wildman–Crippen MR) is 106 cm³/mol. The van der Waals surface area contributed by atoms with E-state index in [2.05, 4.69) is 0 Å². The van der Waals surface area contributed by atoms with E-state index in [1.807, 2.05) is 62.4 Å². The second kappa shape index (κ2) is 10.7. The highest BCUT2D eigenvalue weighted by atomic mass is 35.5. The average Bonchev–Trinajstić information content (AvgIpc) is 2.64. The van der Waals surface area contributed by atoms with Gasteiger partial charge in [-0.15, -0.1) is 0 Å². The molecule has 0 atom stereocenters. The van der Waals surface area contributed by atoms with Gasteiger partial charge in [0.15, 0.2) is 11.5 Å². The highest BCUT2D eigenvalue weighted by Crippen LogP contribution is 2.28. The smallest absolute Gasteiger partial charge is 0.161 e. The van der Waals surface area contributed by atoms with Crippen LogP contribution in [0.5, 0.6) is 17.2 Å². The summed E-state index contributed by atoms with van der Waals surface area (Å²) in [4.78, 5) is 0. The summed E-state index contributed by atoms with van der Waals surface area (Å²) in [6.07, 6.45) is 3.99. The standard InChI is InChI=1S/C21H25ClO4/c1-4-5-17-7-9-19(21(15-17)23-3)25-12-10-24-11-13-26-20-14-16(2)6-8-18(20)22/h4-9,14-15H,10-13H2,1-3H3/b5-4+. The molecule has 26 heavy (non-hydrogen) atoms. The molecule has 0 fully saturated rings. The van der Waals surface area contributed by atoms with Crippen molar-refractivity contribution in [2.45, 2.75) is 13.8 Å². The first-order valence-corrected chi connectivity index (χ1v) is 8.92. The first-order valence-electron chi connectivity index (χ1n) is 8.54. The van der Waals surface area contributed by atoms with E-state index < -0.39 is 0 Å². The van der Waals surface area contributed by atoms with E-state index >= 15 is 0 Å². The van der Waals surface area contributed by atoms with Gasteiger partial charge in [-0.1, -0.05) is 35.9 Å². The fourth-order valence-electron chi connectivity index (χ4n) is 2.34. The molecule has 5 heteroatoms. The topological polar surface area (TPSA) is 36.9 Å². The molecular formula is C21H25ClO4. The number of rotatable bonds is 10. The molecule has 4 nitrogen and oxygen atoms in total. The lowest BCUT2D eigenvalue weighted by Crippen LogP contribution is -2.12. The Kier molecular flexibility index (Phi) is 8.32. The van der Waals surface area contributed by atoms with Crippen LogP contribution in [0.15, 0.2) is 42.5 Å². The van der Waals surface area contributed by atoms with Crippen molar-refractivity contribution in [3.05, 3.63) is 58.6 Å². The number of hydrogen-bond donors (Lipinski definition) is 0. The Bertz CT molecular complexity index is 728. The van der Waals surface area contributed by atoms with Gasteiger partial charge < -0.3 is 18.9 Å². The number of allylic oxidation sites excluding steroid dienone is 1. The van der Waals surface area contributed by atoms with Gasteiger partial charge in [0.2, 0.25) is 0 Å². The molecule has 0 unspecified atom stereocenters. The quantitative estimate of drug-likeness (QED) is 0.536. The van der Waals surface area contributed by atoms with E-state index in [4.69, 9.17) is 30.5 Å². The molecule has 0 bridgehead atoms. The first-order chi connectivity index (χ1) is 12.6. The number of aryl methyl sites for hydroxylation is 1. The summed E-state index contributed by atoms with van der Waals surface area (Å²) in [6.45, 7) is 5.77. The van der Waals surface area contributed by atoms with Gasteiger partial charge in [0.1, 0.15) is 19.0 Å². The Hall–Kier alpha value is -2.17. The molecule has 0 spiro atoms. The van der Waals surface area contributed by atoms with Crippen molar-refractivity contribution >= 4 is 17.7 Å². The summed E-state index contributed by atoms with van der Waals surface area (Å²) in [5.41, 5.74) is 2.17. The van der Waals surface area contributed by atoms with Gasteiger partial charge in [-0.3, -0.25) is 0 Å². The van der Waals surface area contributed by atoms with Crippen LogP contribution in [-0.2, 0) is 4.74 Å². The van der Waals surface area contributed by atoms with Crippen molar-refractivity contribution in [1.82, 2.24) is 0 Å². The van der Waals surface area contributed by atoms with E-state index in [1.54, 1.807) is 7.11 Å². The van der Waals surface area contributed by atoms with Crippen molar-refractivity contribution in [2.24, 2.45) is 0 Å². The van der Waals surface area contributed by atoms with Crippen molar-refractivity contribution in [3.8, 4) is 17.2 Å².